The Bertz CT molecular complexity index is 714. The first-order valence-electron chi connectivity index (χ1n) is 11.1. The maximum absolute atomic E-state index is 12.4. The van der Waals surface area contributed by atoms with Gasteiger partial charge in [-0.2, -0.15) is 0 Å². The average Bonchev–Trinajstić information content (AvgIpc) is 2.73. The van der Waals surface area contributed by atoms with Gasteiger partial charge in [0, 0.05) is 71.0 Å². The molecule has 4 rings (SSSR count). The Kier molecular flexibility index (Phi) is 5.76. The van der Waals surface area contributed by atoms with Crippen molar-refractivity contribution in [2.75, 3.05) is 58.3 Å². The summed E-state index contributed by atoms with van der Waals surface area (Å²) in [5.74, 6) is 0.157. The van der Waals surface area contributed by atoms with Crippen LogP contribution in [-0.4, -0.2) is 90.8 Å². The summed E-state index contributed by atoms with van der Waals surface area (Å²) in [7, 11) is 3.61. The van der Waals surface area contributed by atoms with Crippen molar-refractivity contribution in [3.63, 3.8) is 0 Å². The van der Waals surface area contributed by atoms with E-state index in [2.05, 4.69) is 41.0 Å². The Morgan fingerprint density at radius 3 is 2.34 bits per heavy atom. The molecular weight excluding hydrogens is 364 g/mol. The molecular formula is C23H36N4O2. The highest BCUT2D eigenvalue weighted by molar-refractivity contribution is 5.74. The van der Waals surface area contributed by atoms with Gasteiger partial charge >= 0.3 is 6.03 Å². The standard InChI is InChI=1S/C23H36N4O2/c1-18-4-6-20(7-5-18)25-12-8-21(9-13-25)26-14-10-23(29)11-15-27(17-19(23)16-26)22(28)24(2)3/h4-7,19,21,29H,8-17H2,1-3H3/t19-,23-/m1/s1. The summed E-state index contributed by atoms with van der Waals surface area (Å²) < 4.78 is 0. The number of fused-ring (bicyclic) bond motifs is 1. The first-order valence-corrected chi connectivity index (χ1v) is 11.1. The fourth-order valence-electron chi connectivity index (χ4n) is 5.36. The van der Waals surface area contributed by atoms with Gasteiger partial charge in [0.1, 0.15) is 0 Å². The van der Waals surface area contributed by atoms with Crippen LogP contribution < -0.4 is 4.90 Å². The van der Waals surface area contributed by atoms with Crippen LogP contribution >= 0.6 is 0 Å². The van der Waals surface area contributed by atoms with E-state index in [9.17, 15) is 9.90 Å². The third-order valence-electron chi connectivity index (χ3n) is 7.34. The molecule has 1 aromatic carbocycles. The van der Waals surface area contributed by atoms with Crippen molar-refractivity contribution in [1.82, 2.24) is 14.7 Å². The van der Waals surface area contributed by atoms with Crippen LogP contribution in [0, 0.1) is 12.8 Å². The predicted octanol–water partition coefficient (Wildman–Crippen LogP) is 2.40. The molecule has 6 heteroatoms. The molecule has 3 aliphatic heterocycles. The number of piperidine rings is 3. The summed E-state index contributed by atoms with van der Waals surface area (Å²) in [5.41, 5.74) is 2.04. The number of anilines is 1. The van der Waals surface area contributed by atoms with Crippen LogP contribution in [0.4, 0.5) is 10.5 Å². The summed E-state index contributed by atoms with van der Waals surface area (Å²) in [6.07, 6.45) is 3.87. The van der Waals surface area contributed by atoms with E-state index < -0.39 is 5.60 Å². The van der Waals surface area contributed by atoms with E-state index in [0.717, 1.165) is 32.6 Å². The summed E-state index contributed by atoms with van der Waals surface area (Å²) >= 11 is 0. The van der Waals surface area contributed by atoms with Gasteiger partial charge in [0.05, 0.1) is 5.60 Å². The summed E-state index contributed by atoms with van der Waals surface area (Å²) in [5, 5.41) is 11.2. The van der Waals surface area contributed by atoms with Gasteiger partial charge in [0.25, 0.3) is 0 Å². The third-order valence-corrected chi connectivity index (χ3v) is 7.34. The molecule has 0 aromatic heterocycles. The first-order chi connectivity index (χ1) is 13.9. The highest BCUT2D eigenvalue weighted by Crippen LogP contribution is 2.37. The van der Waals surface area contributed by atoms with Gasteiger partial charge < -0.3 is 19.8 Å². The second-order valence-corrected chi connectivity index (χ2v) is 9.47. The third kappa shape index (κ3) is 4.24. The van der Waals surface area contributed by atoms with Gasteiger partial charge in [0.15, 0.2) is 0 Å². The second-order valence-electron chi connectivity index (χ2n) is 9.47. The Morgan fingerprint density at radius 1 is 1.03 bits per heavy atom. The number of nitrogens with zero attached hydrogens (tertiary/aromatic N) is 4. The number of likely N-dealkylation sites (tertiary alicyclic amines) is 2. The Labute approximate surface area is 175 Å². The number of aliphatic hydroxyl groups is 1. The van der Waals surface area contributed by atoms with Crippen molar-refractivity contribution in [3.05, 3.63) is 29.8 Å². The van der Waals surface area contributed by atoms with Crippen molar-refractivity contribution in [3.8, 4) is 0 Å². The van der Waals surface area contributed by atoms with Crippen molar-refractivity contribution < 1.29 is 9.90 Å². The summed E-state index contributed by atoms with van der Waals surface area (Å²) in [6.45, 7) is 7.53. The van der Waals surface area contributed by atoms with Crippen molar-refractivity contribution in [2.45, 2.75) is 44.2 Å². The number of carbonyl (C=O) groups excluding carboxylic acids is 1. The zero-order valence-corrected chi connectivity index (χ0v) is 18.2. The molecule has 3 fully saturated rings. The summed E-state index contributed by atoms with van der Waals surface area (Å²) in [4.78, 5) is 21.1. The largest absolute Gasteiger partial charge is 0.389 e. The molecule has 0 spiro atoms. The number of hydrogen-bond donors (Lipinski definition) is 1. The van der Waals surface area contributed by atoms with Gasteiger partial charge in [0.2, 0.25) is 0 Å². The predicted molar refractivity (Wildman–Crippen MR) is 116 cm³/mol. The fourth-order valence-corrected chi connectivity index (χ4v) is 5.36. The lowest BCUT2D eigenvalue weighted by Crippen LogP contribution is -2.63. The van der Waals surface area contributed by atoms with Crippen LogP contribution in [0.3, 0.4) is 0 Å². The molecule has 0 aliphatic carbocycles. The molecule has 2 amide bonds. The SMILES string of the molecule is Cc1ccc(N2CCC(N3CC[C@@]4(O)CCN(C(=O)N(C)C)C[C@H]4C3)CC2)cc1. The molecule has 1 N–H and O–H groups in total. The van der Waals surface area contributed by atoms with E-state index in [-0.39, 0.29) is 11.9 Å². The number of urea groups is 1. The van der Waals surface area contributed by atoms with Crippen molar-refractivity contribution >= 4 is 11.7 Å². The van der Waals surface area contributed by atoms with E-state index in [1.54, 1.807) is 19.0 Å². The molecule has 160 valence electrons. The van der Waals surface area contributed by atoms with Crippen molar-refractivity contribution in [1.29, 1.82) is 0 Å². The smallest absolute Gasteiger partial charge is 0.319 e. The van der Waals surface area contributed by atoms with Crippen LogP contribution in [0.1, 0.15) is 31.2 Å². The highest BCUT2D eigenvalue weighted by atomic mass is 16.3. The molecule has 0 unspecified atom stereocenters. The average molecular weight is 401 g/mol. The lowest BCUT2D eigenvalue weighted by molar-refractivity contribution is -0.114. The molecule has 0 bridgehead atoms. The minimum Gasteiger partial charge on any atom is -0.389 e. The Balaban J connectivity index is 1.35. The topological polar surface area (TPSA) is 50.3 Å². The minimum atomic E-state index is -0.595. The first kappa shape index (κ1) is 20.5. The number of rotatable bonds is 2. The van der Waals surface area contributed by atoms with E-state index in [4.69, 9.17) is 0 Å². The van der Waals surface area contributed by atoms with Gasteiger partial charge in [-0.25, -0.2) is 4.79 Å². The molecule has 0 radical (unpaired) electrons. The number of hydrogen-bond acceptors (Lipinski definition) is 4. The normalized spacial score (nSPS) is 28.9. The molecule has 2 atom stereocenters. The van der Waals surface area contributed by atoms with E-state index >= 15 is 0 Å². The van der Waals surface area contributed by atoms with Gasteiger partial charge in [-0.3, -0.25) is 4.90 Å². The lowest BCUT2D eigenvalue weighted by Gasteiger charge is -2.52. The van der Waals surface area contributed by atoms with Crippen LogP contribution in [0.2, 0.25) is 0 Å². The van der Waals surface area contributed by atoms with E-state index in [1.165, 1.54) is 24.1 Å². The maximum Gasteiger partial charge on any atom is 0.319 e. The number of amides is 2. The summed E-state index contributed by atoms with van der Waals surface area (Å²) in [6, 6.07) is 9.49. The van der Waals surface area contributed by atoms with Crippen LogP contribution in [0.15, 0.2) is 24.3 Å². The Morgan fingerprint density at radius 2 is 1.69 bits per heavy atom. The van der Waals surface area contributed by atoms with Gasteiger partial charge in [-0.15, -0.1) is 0 Å². The quantitative estimate of drug-likeness (QED) is 0.828. The van der Waals surface area contributed by atoms with Gasteiger partial charge in [-0.1, -0.05) is 17.7 Å². The lowest BCUT2D eigenvalue weighted by atomic mass is 9.75. The zero-order valence-electron chi connectivity index (χ0n) is 18.2. The van der Waals surface area contributed by atoms with Gasteiger partial charge in [-0.05, 0) is 44.7 Å². The molecule has 6 nitrogen and oxygen atoms in total. The molecule has 29 heavy (non-hydrogen) atoms. The van der Waals surface area contributed by atoms with E-state index in [0.29, 0.717) is 25.6 Å². The van der Waals surface area contributed by atoms with Crippen LogP contribution in [0.5, 0.6) is 0 Å². The zero-order chi connectivity index (χ0) is 20.6. The molecule has 1 aromatic rings. The monoisotopic (exact) mass is 400 g/mol. The maximum atomic E-state index is 12.4. The van der Waals surface area contributed by atoms with Crippen molar-refractivity contribution in [2.24, 2.45) is 5.92 Å². The Hall–Kier alpha value is -1.79. The highest BCUT2D eigenvalue weighted by Gasteiger charge is 2.47. The number of aryl methyl sites for hydroxylation is 1. The number of benzene rings is 1. The molecule has 3 heterocycles. The van der Waals surface area contributed by atoms with E-state index in [1.807, 2.05) is 4.90 Å². The fraction of sp³-hybridized carbons (Fsp3) is 0.696. The van der Waals surface area contributed by atoms with Crippen LogP contribution in [-0.2, 0) is 0 Å². The molecule has 0 saturated carbocycles. The number of carbonyl (C=O) groups is 1. The molecule has 3 aliphatic rings. The van der Waals surface area contributed by atoms with Crippen LogP contribution in [0.25, 0.3) is 0 Å². The minimum absolute atomic E-state index is 0.0654. The second kappa shape index (κ2) is 8.15. The molecule has 3 saturated heterocycles.